The molecule has 1 fully saturated rings. The highest BCUT2D eigenvalue weighted by Crippen LogP contribution is 2.55. The van der Waals surface area contributed by atoms with Crippen LogP contribution in [0.4, 0.5) is 11.4 Å². The predicted molar refractivity (Wildman–Crippen MR) is 129 cm³/mol. The van der Waals surface area contributed by atoms with Gasteiger partial charge in [0.1, 0.15) is 0 Å². The minimum atomic E-state index is -1.85. The van der Waals surface area contributed by atoms with E-state index in [0.29, 0.717) is 6.61 Å². The highest BCUT2D eigenvalue weighted by atomic mass is 32.2. The summed E-state index contributed by atoms with van der Waals surface area (Å²) in [6, 6.07) is 14.5. The van der Waals surface area contributed by atoms with E-state index in [1.54, 1.807) is 0 Å². The Morgan fingerprint density at radius 1 is 1.16 bits per heavy atom. The van der Waals surface area contributed by atoms with Gasteiger partial charge in [0.15, 0.2) is 16.8 Å². The number of hydrogen-bond donors (Lipinski definition) is 1. The zero-order valence-corrected chi connectivity index (χ0v) is 19.4. The molecule has 2 aromatic rings. The lowest BCUT2D eigenvalue weighted by molar-refractivity contribution is -0.000291. The maximum atomic E-state index is 11.3. The molecule has 1 saturated heterocycles. The summed E-state index contributed by atoms with van der Waals surface area (Å²) >= 11 is -1.85. The molecule has 1 N–H and O–H groups in total. The molecular formula is C25H30N2O3S. The number of ether oxygens (including phenoxy) is 1. The van der Waals surface area contributed by atoms with Gasteiger partial charge >= 0.3 is 0 Å². The Bertz CT molecular complexity index is 1040. The van der Waals surface area contributed by atoms with Gasteiger partial charge in [0, 0.05) is 37.4 Å². The molecule has 0 amide bonds. The second-order valence-corrected chi connectivity index (χ2v) is 9.77. The van der Waals surface area contributed by atoms with Crippen LogP contribution in [0.5, 0.6) is 0 Å². The van der Waals surface area contributed by atoms with E-state index < -0.39 is 16.8 Å². The number of anilines is 2. The van der Waals surface area contributed by atoms with Crippen molar-refractivity contribution in [2.45, 2.75) is 30.7 Å². The lowest BCUT2D eigenvalue weighted by Gasteiger charge is -2.39. The van der Waals surface area contributed by atoms with Crippen LogP contribution < -0.4 is 9.80 Å². The molecule has 2 atom stereocenters. The number of hydrogen-bond acceptors (Lipinski definition) is 4. The molecule has 2 unspecified atom stereocenters. The van der Waals surface area contributed by atoms with Crippen LogP contribution in [0, 0.1) is 0 Å². The van der Waals surface area contributed by atoms with Gasteiger partial charge in [0.2, 0.25) is 0 Å². The van der Waals surface area contributed by atoms with E-state index in [2.05, 4.69) is 78.3 Å². The van der Waals surface area contributed by atoms with E-state index in [-0.39, 0.29) is 11.2 Å². The standard InChI is InChI=1S/C25H30N2O3S/c1-24(2)22-13-10-20(18-31(28)29)17-23(22)27-15-16-30-25(24,27)14-6-5-7-19-8-11-21(12-9-19)26(3)4/h5-14,17H,15-16,18H2,1-4H3,(H,28,29)/b7-5+,14-6+. The fourth-order valence-corrected chi connectivity index (χ4v) is 5.16. The minimum absolute atomic E-state index is 0.139. The van der Waals surface area contributed by atoms with Crippen LogP contribution in [0.3, 0.4) is 0 Å². The summed E-state index contributed by atoms with van der Waals surface area (Å²) in [5.41, 5.74) is 4.66. The van der Waals surface area contributed by atoms with Gasteiger partial charge in [0.25, 0.3) is 0 Å². The van der Waals surface area contributed by atoms with Crippen LogP contribution in [0.2, 0.25) is 0 Å². The second-order valence-electron chi connectivity index (χ2n) is 8.84. The summed E-state index contributed by atoms with van der Waals surface area (Å²) in [6.45, 7) is 5.85. The molecule has 31 heavy (non-hydrogen) atoms. The molecule has 0 saturated carbocycles. The van der Waals surface area contributed by atoms with Crippen LogP contribution >= 0.6 is 0 Å². The third-order valence-corrected chi connectivity index (χ3v) is 6.96. The largest absolute Gasteiger partial charge is 0.378 e. The molecule has 2 aliphatic heterocycles. The van der Waals surface area contributed by atoms with Gasteiger partial charge in [-0.3, -0.25) is 0 Å². The molecule has 6 heteroatoms. The maximum absolute atomic E-state index is 11.3. The van der Waals surface area contributed by atoms with E-state index in [9.17, 15) is 8.76 Å². The molecule has 0 aromatic heterocycles. The van der Waals surface area contributed by atoms with Gasteiger partial charge in [-0.1, -0.05) is 56.3 Å². The Labute approximate surface area is 187 Å². The zero-order chi connectivity index (χ0) is 22.2. The monoisotopic (exact) mass is 438 g/mol. The average Bonchev–Trinajstić information content (AvgIpc) is 3.22. The van der Waals surface area contributed by atoms with Crippen molar-refractivity contribution in [3.63, 3.8) is 0 Å². The minimum Gasteiger partial charge on any atom is -0.378 e. The summed E-state index contributed by atoms with van der Waals surface area (Å²) in [7, 11) is 4.07. The van der Waals surface area contributed by atoms with Crippen molar-refractivity contribution in [1.82, 2.24) is 0 Å². The van der Waals surface area contributed by atoms with E-state index in [0.717, 1.165) is 23.4 Å². The van der Waals surface area contributed by atoms with Gasteiger partial charge in [0.05, 0.1) is 12.4 Å². The smallest absolute Gasteiger partial charge is 0.170 e. The Morgan fingerprint density at radius 3 is 2.58 bits per heavy atom. The highest BCUT2D eigenvalue weighted by Gasteiger charge is 2.59. The van der Waals surface area contributed by atoms with Crippen molar-refractivity contribution >= 4 is 28.5 Å². The number of fused-ring (bicyclic) bond motifs is 3. The number of benzene rings is 2. The fraction of sp³-hybridized carbons (Fsp3) is 0.360. The van der Waals surface area contributed by atoms with Crippen LogP contribution in [0.1, 0.15) is 30.5 Å². The summed E-state index contributed by atoms with van der Waals surface area (Å²) in [5, 5.41) is 0. The molecule has 164 valence electrons. The predicted octanol–water partition coefficient (Wildman–Crippen LogP) is 4.57. The highest BCUT2D eigenvalue weighted by molar-refractivity contribution is 7.78. The van der Waals surface area contributed by atoms with Gasteiger partial charge in [-0.05, 0) is 41.0 Å². The molecular weight excluding hydrogens is 408 g/mol. The molecule has 0 bridgehead atoms. The van der Waals surface area contributed by atoms with Crippen molar-refractivity contribution in [1.29, 1.82) is 0 Å². The zero-order valence-electron chi connectivity index (χ0n) is 18.5. The second kappa shape index (κ2) is 8.26. The molecule has 5 nitrogen and oxygen atoms in total. The van der Waals surface area contributed by atoms with Crippen LogP contribution in [-0.2, 0) is 27.0 Å². The molecule has 2 heterocycles. The van der Waals surface area contributed by atoms with Crippen molar-refractivity contribution in [2.24, 2.45) is 0 Å². The fourth-order valence-electron chi connectivity index (χ4n) is 4.69. The molecule has 0 spiro atoms. The van der Waals surface area contributed by atoms with Crippen LogP contribution in [-0.4, -0.2) is 41.7 Å². The topological polar surface area (TPSA) is 53.0 Å². The lowest BCUT2D eigenvalue weighted by Crippen LogP contribution is -2.51. The first kappa shape index (κ1) is 21.8. The van der Waals surface area contributed by atoms with Gasteiger partial charge in [-0.15, -0.1) is 0 Å². The van der Waals surface area contributed by atoms with Crippen molar-refractivity contribution in [3.05, 3.63) is 77.4 Å². The lowest BCUT2D eigenvalue weighted by atomic mass is 9.77. The Kier molecular flexibility index (Phi) is 5.81. The number of rotatable bonds is 6. The van der Waals surface area contributed by atoms with E-state index in [4.69, 9.17) is 4.74 Å². The first-order valence-corrected chi connectivity index (χ1v) is 11.8. The quantitative estimate of drug-likeness (QED) is 0.529. The molecule has 0 radical (unpaired) electrons. The molecule has 4 rings (SSSR count). The van der Waals surface area contributed by atoms with Crippen molar-refractivity contribution in [3.8, 4) is 0 Å². The SMILES string of the molecule is CN(C)c1ccc(/C=C/C=C/C23OCCN2c2cc(CS(=O)O)ccc2C3(C)C)cc1. The first-order valence-electron chi connectivity index (χ1n) is 10.5. The first-order chi connectivity index (χ1) is 14.7. The maximum Gasteiger partial charge on any atom is 0.170 e. The van der Waals surface area contributed by atoms with E-state index in [1.807, 2.05) is 26.2 Å². The average molecular weight is 439 g/mol. The molecule has 2 aromatic carbocycles. The normalized spacial score (nSPS) is 22.8. The third-order valence-electron chi connectivity index (χ3n) is 6.38. The Morgan fingerprint density at radius 2 is 1.90 bits per heavy atom. The Hall–Kier alpha value is -2.41. The van der Waals surface area contributed by atoms with Gasteiger partial charge in [-0.25, -0.2) is 4.21 Å². The summed E-state index contributed by atoms with van der Waals surface area (Å²) in [4.78, 5) is 4.38. The molecule has 0 aliphatic carbocycles. The number of allylic oxidation sites excluding steroid dienone is 2. The van der Waals surface area contributed by atoms with Crippen molar-refractivity contribution < 1.29 is 13.5 Å². The van der Waals surface area contributed by atoms with Gasteiger partial charge < -0.3 is 19.1 Å². The number of nitrogens with zero attached hydrogens (tertiary/aromatic N) is 2. The van der Waals surface area contributed by atoms with Crippen LogP contribution in [0.25, 0.3) is 6.08 Å². The van der Waals surface area contributed by atoms with E-state index in [1.165, 1.54) is 11.3 Å². The third kappa shape index (κ3) is 3.84. The summed E-state index contributed by atoms with van der Waals surface area (Å²) in [5.74, 6) is 0.139. The summed E-state index contributed by atoms with van der Waals surface area (Å²) < 4.78 is 26.9. The molecule has 2 aliphatic rings. The Balaban J connectivity index is 1.60. The summed E-state index contributed by atoms with van der Waals surface area (Å²) in [6.07, 6.45) is 8.36. The van der Waals surface area contributed by atoms with Crippen LogP contribution in [0.15, 0.2) is 60.7 Å². The van der Waals surface area contributed by atoms with Gasteiger partial charge in [-0.2, -0.15) is 0 Å². The van der Waals surface area contributed by atoms with Crippen molar-refractivity contribution in [2.75, 3.05) is 37.0 Å². The van der Waals surface area contributed by atoms with E-state index >= 15 is 0 Å².